The number of hydrogen-bond acceptors (Lipinski definition) is 8. The van der Waals surface area contributed by atoms with Crippen molar-refractivity contribution in [3.05, 3.63) is 81.2 Å². The molecule has 0 amide bonds. The number of hydrogen-bond donors (Lipinski definition) is 1. The summed E-state index contributed by atoms with van der Waals surface area (Å²) in [6, 6.07) is 6.07. The first kappa shape index (κ1) is 23.7. The maximum atomic E-state index is 13.2. The van der Waals surface area contributed by atoms with Gasteiger partial charge in [0, 0.05) is 48.4 Å². The highest BCUT2D eigenvalue weighted by Crippen LogP contribution is 2.43. The fourth-order valence-corrected chi connectivity index (χ4v) is 3.89. The monoisotopic (exact) mass is 454 g/mol. The molecule has 0 saturated heterocycles. The molecule has 1 N–H and O–H groups in total. The lowest BCUT2D eigenvalue weighted by Crippen LogP contribution is -2.34. The molecule has 1 atom stereocenters. The highest BCUT2D eigenvalue weighted by Gasteiger charge is 2.41. The number of ether oxygens (including phenoxy) is 2. The lowest BCUT2D eigenvalue weighted by Gasteiger charge is -2.31. The zero-order valence-electron chi connectivity index (χ0n) is 18.7. The fraction of sp³-hybridized carbons (Fsp3) is 0.348. The Balaban J connectivity index is 2.21. The number of aryl methyl sites for hydroxylation is 1. The summed E-state index contributed by atoms with van der Waals surface area (Å²) in [6.07, 6.45) is 5.48. The van der Waals surface area contributed by atoms with E-state index in [0.717, 1.165) is 0 Å². The van der Waals surface area contributed by atoms with E-state index in [1.807, 2.05) is 4.57 Å². The molecule has 10 heteroatoms. The van der Waals surface area contributed by atoms with E-state index in [1.165, 1.54) is 12.1 Å². The number of allylic oxidation sites excluding steroid dienone is 2. The zero-order valence-corrected chi connectivity index (χ0v) is 18.7. The number of carbonyl (C=O) groups excluding carboxylic acids is 2. The fourth-order valence-electron chi connectivity index (χ4n) is 3.89. The summed E-state index contributed by atoms with van der Waals surface area (Å²) in [4.78, 5) is 41.5. The van der Waals surface area contributed by atoms with E-state index >= 15 is 0 Å². The van der Waals surface area contributed by atoms with Crippen LogP contribution in [0.4, 0.5) is 5.69 Å². The number of benzene rings is 1. The van der Waals surface area contributed by atoms with Crippen LogP contribution in [0.5, 0.6) is 0 Å². The number of para-hydroxylation sites is 1. The second kappa shape index (κ2) is 10.6. The summed E-state index contributed by atoms with van der Waals surface area (Å²) in [5.74, 6) is -2.33. The molecular weight excluding hydrogens is 428 g/mol. The van der Waals surface area contributed by atoms with Crippen molar-refractivity contribution in [1.82, 2.24) is 14.9 Å². The summed E-state index contributed by atoms with van der Waals surface area (Å²) >= 11 is 0. The summed E-state index contributed by atoms with van der Waals surface area (Å²) < 4.78 is 12.4. The first-order valence-electron chi connectivity index (χ1n) is 10.6. The van der Waals surface area contributed by atoms with Crippen LogP contribution < -0.4 is 5.32 Å². The van der Waals surface area contributed by atoms with Gasteiger partial charge in [0.15, 0.2) is 0 Å². The third-order valence-corrected chi connectivity index (χ3v) is 5.26. The number of esters is 2. The van der Waals surface area contributed by atoms with Crippen LogP contribution in [0.3, 0.4) is 0 Å². The quantitative estimate of drug-likeness (QED) is 0.348. The van der Waals surface area contributed by atoms with Crippen LogP contribution >= 0.6 is 0 Å². The second-order valence-corrected chi connectivity index (χ2v) is 7.30. The smallest absolute Gasteiger partial charge is 0.336 e. The summed E-state index contributed by atoms with van der Waals surface area (Å²) in [5, 5.41) is 15.0. The molecule has 1 aromatic heterocycles. The van der Waals surface area contributed by atoms with Crippen LogP contribution in [-0.2, 0) is 25.6 Å². The van der Waals surface area contributed by atoms with E-state index in [-0.39, 0.29) is 35.6 Å². The van der Waals surface area contributed by atoms with E-state index in [2.05, 4.69) is 10.3 Å². The molecule has 1 aromatic carbocycles. The van der Waals surface area contributed by atoms with Gasteiger partial charge < -0.3 is 19.4 Å². The van der Waals surface area contributed by atoms with Gasteiger partial charge in [-0.1, -0.05) is 18.2 Å². The highest BCUT2D eigenvalue weighted by molar-refractivity contribution is 6.00. The molecule has 0 aliphatic carbocycles. The molecule has 174 valence electrons. The Bertz CT molecular complexity index is 1100. The van der Waals surface area contributed by atoms with Crippen LogP contribution in [-0.4, -0.2) is 39.6 Å². The van der Waals surface area contributed by atoms with Gasteiger partial charge >= 0.3 is 11.9 Å². The van der Waals surface area contributed by atoms with Crippen molar-refractivity contribution in [2.45, 2.75) is 39.7 Å². The number of aromatic nitrogens is 2. The van der Waals surface area contributed by atoms with Crippen molar-refractivity contribution in [2.24, 2.45) is 0 Å². The molecule has 0 bridgehead atoms. The second-order valence-electron chi connectivity index (χ2n) is 7.30. The van der Waals surface area contributed by atoms with Gasteiger partial charge in [0.1, 0.15) is 0 Å². The minimum Gasteiger partial charge on any atom is -0.463 e. The van der Waals surface area contributed by atoms with Crippen LogP contribution in [0.15, 0.2) is 65.5 Å². The molecule has 1 aliphatic rings. The van der Waals surface area contributed by atoms with Crippen LogP contribution in [0, 0.1) is 10.1 Å². The SMILES string of the molecule is CCOC(=O)C1=C(C)NC(CCn2ccnc2)=C(C(=O)OCC)C1c1ccccc1[N+](=O)[O-]. The van der Waals surface area contributed by atoms with Crippen molar-refractivity contribution in [3.63, 3.8) is 0 Å². The van der Waals surface area contributed by atoms with Gasteiger partial charge in [-0.3, -0.25) is 10.1 Å². The average molecular weight is 454 g/mol. The molecule has 0 radical (unpaired) electrons. The maximum absolute atomic E-state index is 13.2. The van der Waals surface area contributed by atoms with Crippen molar-refractivity contribution >= 4 is 17.6 Å². The van der Waals surface area contributed by atoms with E-state index in [1.54, 1.807) is 51.6 Å². The Labute approximate surface area is 191 Å². The highest BCUT2D eigenvalue weighted by atomic mass is 16.6. The zero-order chi connectivity index (χ0) is 24.0. The predicted molar refractivity (Wildman–Crippen MR) is 119 cm³/mol. The first-order chi connectivity index (χ1) is 15.9. The van der Waals surface area contributed by atoms with Crippen LogP contribution in [0.2, 0.25) is 0 Å². The summed E-state index contributed by atoms with van der Waals surface area (Å²) in [5.41, 5.74) is 1.30. The van der Waals surface area contributed by atoms with Crippen molar-refractivity contribution < 1.29 is 24.0 Å². The molecule has 3 rings (SSSR count). The van der Waals surface area contributed by atoms with Crippen LogP contribution in [0.25, 0.3) is 0 Å². The molecule has 2 aromatic rings. The predicted octanol–water partition coefficient (Wildman–Crippen LogP) is 3.22. The minimum absolute atomic E-state index is 0.109. The average Bonchev–Trinajstić information content (AvgIpc) is 3.31. The molecule has 0 fully saturated rings. The molecule has 0 spiro atoms. The normalized spacial score (nSPS) is 15.8. The van der Waals surface area contributed by atoms with Crippen LogP contribution in [0.1, 0.15) is 38.7 Å². The first-order valence-corrected chi connectivity index (χ1v) is 10.6. The largest absolute Gasteiger partial charge is 0.463 e. The lowest BCUT2D eigenvalue weighted by molar-refractivity contribution is -0.385. The van der Waals surface area contributed by atoms with E-state index < -0.39 is 22.8 Å². The maximum Gasteiger partial charge on any atom is 0.336 e. The van der Waals surface area contributed by atoms with Gasteiger partial charge in [-0.15, -0.1) is 0 Å². The third kappa shape index (κ3) is 5.11. The van der Waals surface area contributed by atoms with Gasteiger partial charge in [0.05, 0.1) is 41.5 Å². The molecule has 10 nitrogen and oxygen atoms in total. The summed E-state index contributed by atoms with van der Waals surface area (Å²) in [6.45, 7) is 5.75. The third-order valence-electron chi connectivity index (χ3n) is 5.26. The Morgan fingerprint density at radius 3 is 2.42 bits per heavy atom. The summed E-state index contributed by atoms with van der Waals surface area (Å²) in [7, 11) is 0. The Hall–Kier alpha value is -3.95. The van der Waals surface area contributed by atoms with Gasteiger partial charge in [0.25, 0.3) is 5.69 Å². The van der Waals surface area contributed by atoms with E-state index in [4.69, 9.17) is 9.47 Å². The number of nitro groups is 1. The Kier molecular flexibility index (Phi) is 7.60. The van der Waals surface area contributed by atoms with E-state index in [9.17, 15) is 19.7 Å². The standard InChI is InChI=1S/C23H26N4O6/c1-4-32-22(28)19-15(3)25-17(10-12-26-13-11-24-14-26)21(23(29)33-5-2)20(19)16-8-6-7-9-18(16)27(30)31/h6-9,11,13-14,20,25H,4-5,10,12H2,1-3H3. The molecule has 2 heterocycles. The Morgan fingerprint density at radius 2 is 1.82 bits per heavy atom. The topological polar surface area (TPSA) is 126 Å². The number of nitrogens with zero attached hydrogens (tertiary/aromatic N) is 3. The molecule has 1 aliphatic heterocycles. The minimum atomic E-state index is -1.02. The van der Waals surface area contributed by atoms with Gasteiger partial charge in [-0.05, 0) is 20.8 Å². The van der Waals surface area contributed by atoms with Gasteiger partial charge in [-0.25, -0.2) is 14.6 Å². The van der Waals surface area contributed by atoms with Crippen molar-refractivity contribution in [3.8, 4) is 0 Å². The van der Waals surface area contributed by atoms with Crippen molar-refractivity contribution in [2.75, 3.05) is 13.2 Å². The Morgan fingerprint density at radius 1 is 1.15 bits per heavy atom. The lowest BCUT2D eigenvalue weighted by atomic mass is 9.79. The number of rotatable bonds is 9. The number of carbonyl (C=O) groups is 2. The van der Waals surface area contributed by atoms with E-state index in [0.29, 0.717) is 24.4 Å². The number of dihydropyridines is 1. The molecule has 1 unspecified atom stereocenters. The van der Waals surface area contributed by atoms with Gasteiger partial charge in [0.2, 0.25) is 0 Å². The molecule has 33 heavy (non-hydrogen) atoms. The van der Waals surface area contributed by atoms with Crippen molar-refractivity contribution in [1.29, 1.82) is 0 Å². The van der Waals surface area contributed by atoms with Gasteiger partial charge in [-0.2, -0.15) is 0 Å². The number of imidazole rings is 1. The molecular formula is C23H26N4O6. The number of nitro benzene ring substituents is 1. The molecule has 0 saturated carbocycles. The number of nitrogens with one attached hydrogen (secondary N) is 1.